The summed E-state index contributed by atoms with van der Waals surface area (Å²) in [6.45, 7) is 5.80. The van der Waals surface area contributed by atoms with Crippen molar-refractivity contribution >= 4 is 5.91 Å². The van der Waals surface area contributed by atoms with Crippen LogP contribution in [0.1, 0.15) is 24.7 Å². The van der Waals surface area contributed by atoms with Gasteiger partial charge in [-0.05, 0) is 13.8 Å². The maximum Gasteiger partial charge on any atom is 0.221 e. The van der Waals surface area contributed by atoms with E-state index in [-0.39, 0.29) is 5.91 Å². The lowest BCUT2D eigenvalue weighted by Gasteiger charge is -2.07. The Morgan fingerprint density at radius 3 is 2.89 bits per heavy atom. The molecule has 0 fully saturated rings. The zero-order valence-corrected chi connectivity index (χ0v) is 11.2. The van der Waals surface area contributed by atoms with Gasteiger partial charge < -0.3 is 15.4 Å². The summed E-state index contributed by atoms with van der Waals surface area (Å²) in [5.41, 5.74) is 1.85. The normalized spacial score (nSPS) is 10.2. The number of carbonyl (C=O) groups is 1. The average Bonchev–Trinajstić information content (AvgIpc) is 2.34. The maximum absolute atomic E-state index is 11.2. The number of hydrogen-bond donors (Lipinski definition) is 2. The van der Waals surface area contributed by atoms with E-state index in [1.807, 2.05) is 26.0 Å². The molecule has 0 saturated heterocycles. The van der Waals surface area contributed by atoms with E-state index >= 15 is 0 Å². The number of rotatable bonds is 7. The Morgan fingerprint density at radius 1 is 1.44 bits per heavy atom. The Balaban J connectivity index is 2.35. The largest absolute Gasteiger partial charge is 0.497 e. The van der Waals surface area contributed by atoms with Gasteiger partial charge in [-0.2, -0.15) is 0 Å². The first-order valence-electron chi connectivity index (χ1n) is 6.14. The zero-order valence-electron chi connectivity index (χ0n) is 11.2. The standard InChI is InChI=1S/C13H21N3O2/c1-4-15-13(17)5-6-14-9-11-8-12(18-3)7-10(2)16-11/h7-8,14H,4-6,9H2,1-3H3,(H,15,17). The van der Waals surface area contributed by atoms with Crippen LogP contribution in [-0.2, 0) is 11.3 Å². The third-order valence-electron chi connectivity index (χ3n) is 2.42. The molecule has 0 aliphatic rings. The highest BCUT2D eigenvalue weighted by Gasteiger charge is 2.02. The van der Waals surface area contributed by atoms with Gasteiger partial charge in [-0.3, -0.25) is 9.78 Å². The lowest BCUT2D eigenvalue weighted by atomic mass is 10.3. The van der Waals surface area contributed by atoms with Crippen LogP contribution in [0, 0.1) is 6.92 Å². The Labute approximate surface area is 108 Å². The lowest BCUT2D eigenvalue weighted by molar-refractivity contribution is -0.120. The number of methoxy groups -OCH3 is 1. The molecule has 0 unspecified atom stereocenters. The molecule has 0 aliphatic heterocycles. The molecule has 0 aliphatic carbocycles. The summed E-state index contributed by atoms with van der Waals surface area (Å²) in [6, 6.07) is 3.78. The summed E-state index contributed by atoms with van der Waals surface area (Å²) in [6.07, 6.45) is 0.483. The van der Waals surface area contributed by atoms with E-state index in [0.717, 1.165) is 17.1 Å². The van der Waals surface area contributed by atoms with Crippen molar-refractivity contribution in [3.63, 3.8) is 0 Å². The first-order chi connectivity index (χ1) is 8.65. The molecule has 0 atom stereocenters. The Morgan fingerprint density at radius 2 is 2.22 bits per heavy atom. The summed E-state index contributed by atoms with van der Waals surface area (Å²) in [7, 11) is 1.64. The van der Waals surface area contributed by atoms with Crippen LogP contribution in [0.3, 0.4) is 0 Å². The second-order valence-corrected chi connectivity index (χ2v) is 4.02. The van der Waals surface area contributed by atoms with Gasteiger partial charge in [0, 0.05) is 43.9 Å². The molecule has 0 aromatic carbocycles. The minimum absolute atomic E-state index is 0.0692. The van der Waals surface area contributed by atoms with Crippen molar-refractivity contribution in [2.24, 2.45) is 0 Å². The highest BCUT2D eigenvalue weighted by Crippen LogP contribution is 2.12. The molecule has 1 aromatic rings. The maximum atomic E-state index is 11.2. The molecule has 5 nitrogen and oxygen atoms in total. The Hall–Kier alpha value is -1.62. The molecule has 1 rings (SSSR count). The van der Waals surface area contributed by atoms with Gasteiger partial charge in [0.05, 0.1) is 12.8 Å². The molecule has 0 saturated carbocycles. The zero-order chi connectivity index (χ0) is 13.4. The van der Waals surface area contributed by atoms with Crippen molar-refractivity contribution in [1.82, 2.24) is 15.6 Å². The van der Waals surface area contributed by atoms with E-state index in [0.29, 0.717) is 26.1 Å². The second-order valence-electron chi connectivity index (χ2n) is 4.02. The van der Waals surface area contributed by atoms with Crippen molar-refractivity contribution < 1.29 is 9.53 Å². The van der Waals surface area contributed by atoms with Crippen LogP contribution in [0.4, 0.5) is 0 Å². The van der Waals surface area contributed by atoms with Crippen molar-refractivity contribution in [1.29, 1.82) is 0 Å². The van der Waals surface area contributed by atoms with Crippen LogP contribution in [0.15, 0.2) is 12.1 Å². The molecule has 1 heterocycles. The van der Waals surface area contributed by atoms with Gasteiger partial charge in [0.1, 0.15) is 5.75 Å². The molecule has 1 aromatic heterocycles. The predicted molar refractivity (Wildman–Crippen MR) is 70.5 cm³/mol. The van der Waals surface area contributed by atoms with Crippen molar-refractivity contribution in [3.8, 4) is 5.75 Å². The third kappa shape index (κ3) is 5.14. The monoisotopic (exact) mass is 251 g/mol. The molecular weight excluding hydrogens is 230 g/mol. The number of carbonyl (C=O) groups excluding carboxylic acids is 1. The van der Waals surface area contributed by atoms with Crippen LogP contribution in [-0.4, -0.2) is 31.1 Å². The van der Waals surface area contributed by atoms with Crippen molar-refractivity contribution in [2.75, 3.05) is 20.2 Å². The van der Waals surface area contributed by atoms with Gasteiger partial charge >= 0.3 is 0 Å². The Kier molecular flexibility index (Phi) is 6.14. The lowest BCUT2D eigenvalue weighted by Crippen LogP contribution is -2.27. The fraction of sp³-hybridized carbons (Fsp3) is 0.538. The number of pyridine rings is 1. The summed E-state index contributed by atoms with van der Waals surface area (Å²) < 4.78 is 5.18. The number of aromatic nitrogens is 1. The van der Waals surface area contributed by atoms with E-state index in [1.165, 1.54) is 0 Å². The van der Waals surface area contributed by atoms with E-state index in [2.05, 4.69) is 15.6 Å². The number of hydrogen-bond acceptors (Lipinski definition) is 4. The second kappa shape index (κ2) is 7.66. The molecule has 5 heteroatoms. The van der Waals surface area contributed by atoms with Gasteiger partial charge in [0.2, 0.25) is 5.91 Å². The van der Waals surface area contributed by atoms with Gasteiger partial charge in [0.15, 0.2) is 0 Å². The molecule has 0 spiro atoms. The highest BCUT2D eigenvalue weighted by molar-refractivity contribution is 5.75. The number of amides is 1. The van der Waals surface area contributed by atoms with Gasteiger partial charge in [-0.25, -0.2) is 0 Å². The highest BCUT2D eigenvalue weighted by atomic mass is 16.5. The van der Waals surface area contributed by atoms with Crippen LogP contribution in [0.2, 0.25) is 0 Å². The fourth-order valence-corrected chi connectivity index (χ4v) is 1.62. The summed E-state index contributed by atoms with van der Waals surface area (Å²) in [5, 5.41) is 5.95. The van der Waals surface area contributed by atoms with Crippen LogP contribution in [0.25, 0.3) is 0 Å². The molecule has 2 N–H and O–H groups in total. The van der Waals surface area contributed by atoms with Crippen molar-refractivity contribution in [3.05, 3.63) is 23.5 Å². The quantitative estimate of drug-likeness (QED) is 0.710. The number of nitrogens with one attached hydrogen (secondary N) is 2. The minimum Gasteiger partial charge on any atom is -0.497 e. The third-order valence-corrected chi connectivity index (χ3v) is 2.42. The van der Waals surface area contributed by atoms with E-state index in [1.54, 1.807) is 7.11 Å². The molecule has 0 bridgehead atoms. The minimum atomic E-state index is 0.0692. The average molecular weight is 251 g/mol. The topological polar surface area (TPSA) is 63.2 Å². The SMILES string of the molecule is CCNC(=O)CCNCc1cc(OC)cc(C)n1. The number of aryl methyl sites for hydroxylation is 1. The van der Waals surface area contributed by atoms with Gasteiger partial charge in [-0.15, -0.1) is 0 Å². The van der Waals surface area contributed by atoms with Gasteiger partial charge in [0.25, 0.3) is 0 Å². The van der Waals surface area contributed by atoms with Gasteiger partial charge in [-0.1, -0.05) is 0 Å². The summed E-state index contributed by atoms with van der Waals surface area (Å²) >= 11 is 0. The first-order valence-corrected chi connectivity index (χ1v) is 6.14. The van der Waals surface area contributed by atoms with Crippen LogP contribution >= 0.6 is 0 Å². The molecule has 0 radical (unpaired) electrons. The summed E-state index contributed by atoms with van der Waals surface area (Å²) in [4.78, 5) is 15.6. The predicted octanol–water partition coefficient (Wildman–Crippen LogP) is 1.01. The molecular formula is C13H21N3O2. The van der Waals surface area contributed by atoms with Crippen LogP contribution in [0.5, 0.6) is 5.75 Å². The van der Waals surface area contributed by atoms with E-state index in [9.17, 15) is 4.79 Å². The number of ether oxygens (including phenoxy) is 1. The summed E-state index contributed by atoms with van der Waals surface area (Å²) in [5.74, 6) is 0.878. The smallest absolute Gasteiger partial charge is 0.221 e. The van der Waals surface area contributed by atoms with Crippen LogP contribution < -0.4 is 15.4 Å². The van der Waals surface area contributed by atoms with E-state index < -0.39 is 0 Å². The van der Waals surface area contributed by atoms with Crippen molar-refractivity contribution in [2.45, 2.75) is 26.8 Å². The molecule has 100 valence electrons. The van der Waals surface area contributed by atoms with E-state index in [4.69, 9.17) is 4.74 Å². The molecule has 1 amide bonds. The first kappa shape index (κ1) is 14.4. The number of nitrogens with zero attached hydrogens (tertiary/aromatic N) is 1. The fourth-order valence-electron chi connectivity index (χ4n) is 1.62. The Bertz CT molecular complexity index is 394. The molecule has 18 heavy (non-hydrogen) atoms.